The third-order valence-electron chi connectivity index (χ3n) is 2.50. The van der Waals surface area contributed by atoms with Crippen molar-refractivity contribution in [2.75, 3.05) is 5.32 Å². The van der Waals surface area contributed by atoms with Gasteiger partial charge in [0.2, 0.25) is 0 Å². The maximum absolute atomic E-state index is 12.0. The van der Waals surface area contributed by atoms with E-state index in [9.17, 15) is 9.90 Å². The Hall–Kier alpha value is -2.00. The van der Waals surface area contributed by atoms with Gasteiger partial charge in [-0.2, -0.15) is 0 Å². The summed E-state index contributed by atoms with van der Waals surface area (Å²) in [6.45, 7) is 0. The van der Waals surface area contributed by atoms with Crippen LogP contribution < -0.4 is 5.32 Å². The lowest BCUT2D eigenvalue weighted by Gasteiger charge is -2.06. The summed E-state index contributed by atoms with van der Waals surface area (Å²) in [5, 5.41) is 12.3. The fraction of sp³-hybridized carbons (Fsp3) is 0. The summed E-state index contributed by atoms with van der Waals surface area (Å²) >= 11 is 1.99. The monoisotopic (exact) mass is 363 g/mol. The van der Waals surface area contributed by atoms with Crippen LogP contribution >= 0.6 is 22.6 Å². The largest absolute Gasteiger partial charge is 0.507 e. The van der Waals surface area contributed by atoms with Crippen LogP contribution in [0.15, 0.2) is 42.5 Å². The molecule has 0 aliphatic rings. The van der Waals surface area contributed by atoms with Gasteiger partial charge >= 0.3 is 0 Å². The van der Waals surface area contributed by atoms with Crippen LogP contribution in [0.5, 0.6) is 5.75 Å². The Labute approximate surface area is 124 Å². The molecular formula is C15H10INO2. The molecule has 2 aromatic carbocycles. The number of rotatable bonds is 2. The van der Waals surface area contributed by atoms with Crippen molar-refractivity contribution in [3.8, 4) is 18.1 Å². The van der Waals surface area contributed by atoms with Crippen molar-refractivity contribution in [3.63, 3.8) is 0 Å². The van der Waals surface area contributed by atoms with Crippen molar-refractivity contribution >= 4 is 34.2 Å². The predicted octanol–water partition coefficient (Wildman–Crippen LogP) is 3.23. The molecule has 3 nitrogen and oxygen atoms in total. The predicted molar refractivity (Wildman–Crippen MR) is 83.2 cm³/mol. The molecule has 0 heterocycles. The van der Waals surface area contributed by atoms with Crippen LogP contribution in [0.25, 0.3) is 0 Å². The summed E-state index contributed by atoms with van der Waals surface area (Å²) in [6.07, 6.45) is 5.30. The Balaban J connectivity index is 2.21. The number of phenols is 1. The molecule has 0 aromatic heterocycles. The van der Waals surface area contributed by atoms with E-state index in [1.807, 2.05) is 22.6 Å². The number of phenolic OH excluding ortho intramolecular Hbond substituents is 1. The molecule has 0 atom stereocenters. The molecule has 0 fully saturated rings. The maximum atomic E-state index is 12.0. The molecule has 0 aliphatic heterocycles. The lowest BCUT2D eigenvalue weighted by Crippen LogP contribution is -2.11. The first-order valence-corrected chi connectivity index (χ1v) is 6.54. The van der Waals surface area contributed by atoms with Gasteiger partial charge in [0, 0.05) is 16.8 Å². The lowest BCUT2D eigenvalue weighted by molar-refractivity contribution is 0.102. The summed E-state index contributed by atoms with van der Waals surface area (Å²) in [5.74, 6) is 2.30. The molecule has 1 amide bonds. The summed E-state index contributed by atoms with van der Waals surface area (Å²) < 4.78 is 0.698. The zero-order valence-electron chi connectivity index (χ0n) is 9.85. The first kappa shape index (κ1) is 13.4. The number of amides is 1. The van der Waals surface area contributed by atoms with Crippen molar-refractivity contribution in [1.82, 2.24) is 0 Å². The standard InChI is InChI=1S/C15H10INO2/c1-2-10-4-3-5-12(8-10)17-15(19)11-6-7-13(16)14(18)9-11/h1,3-9,18H,(H,17,19). The lowest BCUT2D eigenvalue weighted by atomic mass is 10.1. The highest BCUT2D eigenvalue weighted by Gasteiger charge is 2.08. The van der Waals surface area contributed by atoms with E-state index in [2.05, 4.69) is 11.2 Å². The van der Waals surface area contributed by atoms with Gasteiger partial charge in [-0.05, 0) is 59.0 Å². The van der Waals surface area contributed by atoms with Gasteiger partial charge in [-0.25, -0.2) is 0 Å². The molecule has 2 N–H and O–H groups in total. The van der Waals surface area contributed by atoms with Gasteiger partial charge < -0.3 is 10.4 Å². The number of nitrogens with one attached hydrogen (secondary N) is 1. The van der Waals surface area contributed by atoms with Crippen LogP contribution in [-0.2, 0) is 0 Å². The average molecular weight is 363 g/mol. The zero-order chi connectivity index (χ0) is 13.8. The summed E-state index contributed by atoms with van der Waals surface area (Å²) in [6, 6.07) is 11.8. The smallest absolute Gasteiger partial charge is 0.255 e. The molecule has 0 bridgehead atoms. The number of aromatic hydroxyl groups is 1. The van der Waals surface area contributed by atoms with Crippen LogP contribution in [0, 0.1) is 15.9 Å². The molecule has 0 saturated carbocycles. The van der Waals surface area contributed by atoms with Crippen molar-refractivity contribution < 1.29 is 9.90 Å². The molecule has 0 spiro atoms. The minimum Gasteiger partial charge on any atom is -0.507 e. The van der Waals surface area contributed by atoms with Crippen molar-refractivity contribution in [3.05, 3.63) is 57.2 Å². The second-order valence-corrected chi connectivity index (χ2v) is 5.01. The normalized spacial score (nSPS) is 9.68. The molecule has 2 rings (SSSR count). The highest BCUT2D eigenvalue weighted by atomic mass is 127. The summed E-state index contributed by atoms with van der Waals surface area (Å²) in [5.41, 5.74) is 1.71. The molecule has 0 unspecified atom stereocenters. The van der Waals surface area contributed by atoms with E-state index in [4.69, 9.17) is 6.42 Å². The molecular weight excluding hydrogens is 353 g/mol. The second kappa shape index (κ2) is 5.76. The fourth-order valence-corrected chi connectivity index (χ4v) is 1.88. The number of hydrogen-bond donors (Lipinski definition) is 2. The quantitative estimate of drug-likeness (QED) is 0.636. The Kier molecular flexibility index (Phi) is 4.07. The number of terminal acetylenes is 1. The second-order valence-electron chi connectivity index (χ2n) is 3.85. The first-order valence-electron chi connectivity index (χ1n) is 5.46. The van der Waals surface area contributed by atoms with E-state index in [1.165, 1.54) is 6.07 Å². The first-order chi connectivity index (χ1) is 9.10. The Morgan fingerprint density at radius 1 is 1.26 bits per heavy atom. The molecule has 0 aliphatic carbocycles. The fourth-order valence-electron chi connectivity index (χ4n) is 1.54. The van der Waals surface area contributed by atoms with Gasteiger partial charge in [0.1, 0.15) is 5.75 Å². The number of hydrogen-bond acceptors (Lipinski definition) is 2. The minimum absolute atomic E-state index is 0.0885. The summed E-state index contributed by atoms with van der Waals surface area (Å²) in [4.78, 5) is 12.0. The number of carbonyl (C=O) groups is 1. The van der Waals surface area contributed by atoms with Crippen molar-refractivity contribution in [1.29, 1.82) is 0 Å². The number of halogens is 1. The molecule has 0 radical (unpaired) electrons. The third-order valence-corrected chi connectivity index (χ3v) is 3.41. The molecule has 2 aromatic rings. The highest BCUT2D eigenvalue weighted by Crippen LogP contribution is 2.21. The molecule has 94 valence electrons. The number of anilines is 1. The summed E-state index contributed by atoms with van der Waals surface area (Å²) in [7, 11) is 0. The topological polar surface area (TPSA) is 49.3 Å². The van der Waals surface area contributed by atoms with Crippen LogP contribution in [0.2, 0.25) is 0 Å². The van der Waals surface area contributed by atoms with Crippen LogP contribution in [-0.4, -0.2) is 11.0 Å². The Morgan fingerprint density at radius 3 is 2.74 bits per heavy atom. The van der Waals surface area contributed by atoms with Crippen molar-refractivity contribution in [2.45, 2.75) is 0 Å². The average Bonchev–Trinajstić information content (AvgIpc) is 2.42. The zero-order valence-corrected chi connectivity index (χ0v) is 12.0. The third kappa shape index (κ3) is 3.26. The van der Waals surface area contributed by atoms with E-state index < -0.39 is 0 Å². The van der Waals surface area contributed by atoms with E-state index in [1.54, 1.807) is 36.4 Å². The molecule has 19 heavy (non-hydrogen) atoms. The van der Waals surface area contributed by atoms with Gasteiger partial charge in [0.25, 0.3) is 5.91 Å². The minimum atomic E-state index is -0.291. The van der Waals surface area contributed by atoms with Crippen LogP contribution in [0.1, 0.15) is 15.9 Å². The Bertz CT molecular complexity index is 674. The van der Waals surface area contributed by atoms with E-state index in [-0.39, 0.29) is 11.7 Å². The van der Waals surface area contributed by atoms with Gasteiger partial charge in [-0.15, -0.1) is 6.42 Å². The molecule has 4 heteroatoms. The van der Waals surface area contributed by atoms with Crippen LogP contribution in [0.3, 0.4) is 0 Å². The maximum Gasteiger partial charge on any atom is 0.255 e. The van der Waals surface area contributed by atoms with Gasteiger partial charge in [0.15, 0.2) is 0 Å². The van der Waals surface area contributed by atoms with Crippen molar-refractivity contribution in [2.24, 2.45) is 0 Å². The van der Waals surface area contributed by atoms with E-state index in [0.29, 0.717) is 20.4 Å². The van der Waals surface area contributed by atoms with Crippen LogP contribution in [0.4, 0.5) is 5.69 Å². The van der Waals surface area contributed by atoms with E-state index >= 15 is 0 Å². The molecule has 0 saturated heterocycles. The SMILES string of the molecule is C#Cc1cccc(NC(=O)c2ccc(I)c(O)c2)c1. The van der Waals surface area contributed by atoms with Gasteiger partial charge in [-0.1, -0.05) is 12.0 Å². The Morgan fingerprint density at radius 2 is 2.05 bits per heavy atom. The van der Waals surface area contributed by atoms with E-state index in [0.717, 1.165) is 0 Å². The highest BCUT2D eigenvalue weighted by molar-refractivity contribution is 14.1. The van der Waals surface area contributed by atoms with Gasteiger partial charge in [-0.3, -0.25) is 4.79 Å². The number of carbonyl (C=O) groups excluding carboxylic acids is 1. The number of benzene rings is 2. The van der Waals surface area contributed by atoms with Gasteiger partial charge in [0.05, 0.1) is 3.57 Å².